The number of piperidine rings is 1. The zero-order valence-corrected chi connectivity index (χ0v) is 20.3. The third-order valence-corrected chi connectivity index (χ3v) is 7.02. The number of alkyl halides is 3. The van der Waals surface area contributed by atoms with E-state index in [1.165, 1.54) is 29.1 Å². The molecule has 4 heterocycles. The lowest BCUT2D eigenvalue weighted by molar-refractivity contribution is -0.236. The van der Waals surface area contributed by atoms with Gasteiger partial charge in [-0.15, -0.1) is 0 Å². The Kier molecular flexibility index (Phi) is 6.95. The van der Waals surface area contributed by atoms with Crippen LogP contribution in [0.25, 0.3) is 10.9 Å². The van der Waals surface area contributed by atoms with Crippen LogP contribution < -0.4 is 5.73 Å². The summed E-state index contributed by atoms with van der Waals surface area (Å²) in [5.41, 5.74) is 6.99. The number of benzene rings is 1. The van der Waals surface area contributed by atoms with Crippen molar-refractivity contribution < 1.29 is 31.9 Å². The summed E-state index contributed by atoms with van der Waals surface area (Å²) in [7, 11) is 0. The van der Waals surface area contributed by atoms with Crippen molar-refractivity contribution in [3.05, 3.63) is 53.6 Å². The van der Waals surface area contributed by atoms with Crippen LogP contribution in [0.2, 0.25) is 0 Å². The lowest BCUT2D eigenvalue weighted by Crippen LogP contribution is -2.51. The molecule has 2 aliphatic heterocycles. The smallest absolute Gasteiger partial charge is 0.384 e. The molecule has 2 saturated heterocycles. The lowest BCUT2D eigenvalue weighted by Gasteiger charge is -2.33. The minimum Gasteiger partial charge on any atom is -0.384 e. The van der Waals surface area contributed by atoms with Crippen LogP contribution in [-0.2, 0) is 16.1 Å². The highest BCUT2D eigenvalue weighted by Gasteiger charge is 2.44. The van der Waals surface area contributed by atoms with Crippen molar-refractivity contribution in [2.45, 2.75) is 37.6 Å². The van der Waals surface area contributed by atoms with Crippen molar-refractivity contribution in [1.29, 1.82) is 0 Å². The first-order valence-corrected chi connectivity index (χ1v) is 12.2. The zero-order valence-electron chi connectivity index (χ0n) is 20.3. The summed E-state index contributed by atoms with van der Waals surface area (Å²) >= 11 is 0. The van der Waals surface area contributed by atoms with Gasteiger partial charge in [0.15, 0.2) is 6.10 Å². The second kappa shape index (κ2) is 10.2. The molecule has 0 aliphatic carbocycles. The summed E-state index contributed by atoms with van der Waals surface area (Å²) in [6.07, 6.45) is -4.10. The number of hydrogen-bond acceptors (Lipinski definition) is 6. The highest BCUT2D eigenvalue weighted by molar-refractivity contribution is 5.95. The molecule has 0 unspecified atom stereocenters. The van der Waals surface area contributed by atoms with Crippen LogP contribution in [0.3, 0.4) is 0 Å². The number of carbonyl (C=O) groups excluding carboxylic acids is 2. The fourth-order valence-corrected chi connectivity index (χ4v) is 5.04. The number of fused-ring (bicyclic) bond motifs is 1. The normalized spacial score (nSPS) is 19.2. The van der Waals surface area contributed by atoms with E-state index in [4.69, 9.17) is 10.5 Å². The molecule has 2 aromatic heterocycles. The van der Waals surface area contributed by atoms with Gasteiger partial charge in [-0.2, -0.15) is 18.3 Å². The van der Waals surface area contributed by atoms with E-state index in [0.717, 1.165) is 4.90 Å². The second-order valence-electron chi connectivity index (χ2n) is 9.45. The number of pyridine rings is 1. The van der Waals surface area contributed by atoms with Gasteiger partial charge in [0.25, 0.3) is 5.91 Å². The Morgan fingerprint density at radius 2 is 1.87 bits per heavy atom. The van der Waals surface area contributed by atoms with Crippen molar-refractivity contribution in [2.24, 2.45) is 0 Å². The van der Waals surface area contributed by atoms with E-state index in [1.807, 2.05) is 0 Å². The maximum atomic E-state index is 15.0. The molecule has 9 nitrogen and oxygen atoms in total. The Hall–Kier alpha value is -3.74. The summed E-state index contributed by atoms with van der Waals surface area (Å²) in [6.45, 7) is -0.287. The maximum Gasteiger partial charge on any atom is 0.416 e. The molecule has 0 saturated carbocycles. The van der Waals surface area contributed by atoms with E-state index in [0.29, 0.717) is 42.7 Å². The first-order chi connectivity index (χ1) is 18.1. The number of morpholine rings is 1. The lowest BCUT2D eigenvalue weighted by atomic mass is 9.91. The molecule has 0 radical (unpaired) electrons. The number of aromatic nitrogens is 3. The molecule has 202 valence electrons. The zero-order chi connectivity index (χ0) is 27.0. The summed E-state index contributed by atoms with van der Waals surface area (Å²) in [5.74, 6) is -1.15. The maximum absolute atomic E-state index is 15.0. The highest BCUT2D eigenvalue weighted by atomic mass is 19.4. The fourth-order valence-electron chi connectivity index (χ4n) is 5.04. The standard InChI is InChI=1S/C25H26F4N6O3/c26-17-2-1-3-18-22(17)23(15-5-8-33(9-6-15)24(37)16-4-7-31-20(30)12-16)32-35(18)14-21(36)34-10-11-38-19(13-34)25(27,28)29/h1-4,7,12,15,19H,5-6,8-11,13-14H2,(H2,30,31)/t19-/m1/s1. The SMILES string of the molecule is Nc1cc(C(=O)N2CCC(c3nn(CC(=O)N4CCO[C@@H](C(F)(F)F)C4)c4cccc(F)c34)CC2)ccn1. The number of hydrogen-bond donors (Lipinski definition) is 1. The Morgan fingerprint density at radius 3 is 2.58 bits per heavy atom. The number of nitrogen functional groups attached to an aromatic ring is 1. The minimum absolute atomic E-state index is 0.0292. The van der Waals surface area contributed by atoms with Crippen LogP contribution in [0.4, 0.5) is 23.4 Å². The Labute approximate surface area is 215 Å². The molecule has 2 aliphatic rings. The summed E-state index contributed by atoms with van der Waals surface area (Å²) in [6, 6.07) is 7.55. The molecule has 0 spiro atoms. The predicted octanol–water partition coefficient (Wildman–Crippen LogP) is 2.96. The number of halogens is 4. The quantitative estimate of drug-likeness (QED) is 0.516. The van der Waals surface area contributed by atoms with Gasteiger partial charge in [0.2, 0.25) is 5.91 Å². The van der Waals surface area contributed by atoms with Crippen LogP contribution in [0.5, 0.6) is 0 Å². The third kappa shape index (κ3) is 5.15. The van der Waals surface area contributed by atoms with Gasteiger partial charge in [-0.25, -0.2) is 9.37 Å². The number of rotatable bonds is 4. The van der Waals surface area contributed by atoms with Gasteiger partial charge in [0.05, 0.1) is 29.7 Å². The molecule has 2 N–H and O–H groups in total. The van der Waals surface area contributed by atoms with Crippen molar-refractivity contribution in [2.75, 3.05) is 38.5 Å². The molecular weight excluding hydrogens is 508 g/mol. The van der Waals surface area contributed by atoms with Gasteiger partial charge in [0.1, 0.15) is 18.2 Å². The number of nitrogens with zero attached hydrogens (tertiary/aromatic N) is 5. The first kappa shape index (κ1) is 25.9. The monoisotopic (exact) mass is 534 g/mol. The number of nitrogens with two attached hydrogens (primary N) is 1. The third-order valence-electron chi connectivity index (χ3n) is 7.02. The van der Waals surface area contributed by atoms with E-state index in [2.05, 4.69) is 10.1 Å². The second-order valence-corrected chi connectivity index (χ2v) is 9.45. The molecule has 0 bridgehead atoms. The van der Waals surface area contributed by atoms with Gasteiger partial charge in [-0.1, -0.05) is 6.07 Å². The van der Waals surface area contributed by atoms with E-state index >= 15 is 0 Å². The fraction of sp³-hybridized carbons (Fsp3) is 0.440. The Bertz CT molecular complexity index is 1350. The molecule has 38 heavy (non-hydrogen) atoms. The molecule has 5 rings (SSSR count). The van der Waals surface area contributed by atoms with Gasteiger partial charge < -0.3 is 20.3 Å². The molecule has 3 aromatic rings. The Morgan fingerprint density at radius 1 is 1.11 bits per heavy atom. The van der Waals surface area contributed by atoms with Crippen LogP contribution in [0, 0.1) is 5.82 Å². The highest BCUT2D eigenvalue weighted by Crippen LogP contribution is 2.34. The van der Waals surface area contributed by atoms with E-state index in [9.17, 15) is 27.2 Å². The number of anilines is 1. The molecule has 1 atom stereocenters. The van der Waals surface area contributed by atoms with Crippen molar-refractivity contribution >= 4 is 28.5 Å². The van der Waals surface area contributed by atoms with E-state index in [1.54, 1.807) is 17.0 Å². The van der Waals surface area contributed by atoms with Crippen LogP contribution in [0.1, 0.15) is 34.8 Å². The number of ether oxygens (including phenoxy) is 1. The van der Waals surface area contributed by atoms with Crippen LogP contribution >= 0.6 is 0 Å². The molecule has 13 heteroatoms. The summed E-state index contributed by atoms with van der Waals surface area (Å²) < 4.78 is 60.4. The van der Waals surface area contributed by atoms with Gasteiger partial charge >= 0.3 is 6.18 Å². The summed E-state index contributed by atoms with van der Waals surface area (Å²) in [5, 5.41) is 4.84. The molecule has 1 aromatic carbocycles. The minimum atomic E-state index is -4.58. The Balaban J connectivity index is 1.33. The summed E-state index contributed by atoms with van der Waals surface area (Å²) in [4.78, 5) is 32.5. The molecule has 2 amide bonds. The number of carbonyl (C=O) groups is 2. The largest absolute Gasteiger partial charge is 0.416 e. The van der Waals surface area contributed by atoms with Crippen LogP contribution in [-0.4, -0.2) is 81.4 Å². The van der Waals surface area contributed by atoms with Crippen LogP contribution in [0.15, 0.2) is 36.5 Å². The number of amides is 2. The molecular formula is C25H26F4N6O3. The van der Waals surface area contributed by atoms with Gasteiger partial charge in [0, 0.05) is 37.3 Å². The number of likely N-dealkylation sites (tertiary alicyclic amines) is 1. The van der Waals surface area contributed by atoms with Crippen molar-refractivity contribution in [1.82, 2.24) is 24.6 Å². The van der Waals surface area contributed by atoms with E-state index < -0.39 is 30.5 Å². The van der Waals surface area contributed by atoms with Gasteiger partial charge in [-0.05, 0) is 37.1 Å². The molecule has 2 fully saturated rings. The topological polar surface area (TPSA) is 107 Å². The van der Waals surface area contributed by atoms with E-state index in [-0.39, 0.29) is 42.7 Å². The first-order valence-electron chi connectivity index (χ1n) is 12.2. The van der Waals surface area contributed by atoms with Crippen molar-refractivity contribution in [3.63, 3.8) is 0 Å². The average molecular weight is 535 g/mol. The van der Waals surface area contributed by atoms with Gasteiger partial charge in [-0.3, -0.25) is 14.3 Å². The average Bonchev–Trinajstić information content (AvgIpc) is 3.27. The predicted molar refractivity (Wildman–Crippen MR) is 129 cm³/mol. The van der Waals surface area contributed by atoms with Crippen molar-refractivity contribution in [3.8, 4) is 0 Å².